The summed E-state index contributed by atoms with van der Waals surface area (Å²) in [6.07, 6.45) is 0. The molecule has 0 saturated heterocycles. The molecule has 0 unspecified atom stereocenters. The normalized spacial score (nSPS) is 10.0. The third-order valence-electron chi connectivity index (χ3n) is 2.31. The zero-order chi connectivity index (χ0) is 13.8. The highest BCUT2D eigenvalue weighted by Crippen LogP contribution is 2.20. The molecule has 0 fully saturated rings. The van der Waals surface area contributed by atoms with E-state index in [1.165, 1.54) is 18.2 Å². The van der Waals surface area contributed by atoms with Crippen LogP contribution in [0.1, 0.15) is 11.3 Å². The van der Waals surface area contributed by atoms with Gasteiger partial charge in [0.25, 0.3) is 0 Å². The molecule has 1 aromatic heterocycles. The first kappa shape index (κ1) is 13.2. The van der Waals surface area contributed by atoms with E-state index in [1.807, 2.05) is 0 Å². The van der Waals surface area contributed by atoms with Crippen LogP contribution in [0, 0.1) is 23.0 Å². The molecule has 0 aliphatic heterocycles. The Kier molecular flexibility index (Phi) is 3.93. The number of nitrogens with zero attached hydrogens (tertiary/aromatic N) is 2. The van der Waals surface area contributed by atoms with Crippen molar-refractivity contribution in [3.05, 3.63) is 58.4 Å². The van der Waals surface area contributed by atoms with Crippen LogP contribution in [0.2, 0.25) is 5.15 Å². The summed E-state index contributed by atoms with van der Waals surface area (Å²) in [5.74, 6) is -1.36. The minimum atomic E-state index is -0.693. The maximum Gasteiger partial charge on any atom is 0.166 e. The lowest BCUT2D eigenvalue weighted by Gasteiger charge is -2.07. The Morgan fingerprint density at radius 2 is 2.00 bits per heavy atom. The Balaban J connectivity index is 2.15. The maximum atomic E-state index is 13.5. The van der Waals surface area contributed by atoms with Gasteiger partial charge in [0, 0.05) is 0 Å². The fraction of sp³-hybridized carbons (Fsp3) is 0.0769. The number of benzene rings is 1. The third kappa shape index (κ3) is 3.18. The molecule has 0 aliphatic rings. The van der Waals surface area contributed by atoms with Gasteiger partial charge in [-0.15, -0.1) is 0 Å². The second kappa shape index (κ2) is 5.63. The second-order valence-electron chi connectivity index (χ2n) is 3.61. The molecule has 0 N–H and O–H groups in total. The van der Waals surface area contributed by atoms with Gasteiger partial charge >= 0.3 is 0 Å². The number of nitriles is 1. The van der Waals surface area contributed by atoms with Gasteiger partial charge in [-0.25, -0.2) is 13.8 Å². The molecule has 0 amide bonds. The van der Waals surface area contributed by atoms with Crippen molar-refractivity contribution in [2.45, 2.75) is 6.61 Å². The largest absolute Gasteiger partial charge is 0.484 e. The maximum absolute atomic E-state index is 13.5. The van der Waals surface area contributed by atoms with Crippen molar-refractivity contribution < 1.29 is 13.5 Å². The van der Waals surface area contributed by atoms with Crippen LogP contribution >= 0.6 is 11.6 Å². The van der Waals surface area contributed by atoms with E-state index >= 15 is 0 Å². The van der Waals surface area contributed by atoms with Gasteiger partial charge in [-0.2, -0.15) is 5.26 Å². The highest BCUT2D eigenvalue weighted by Gasteiger charge is 2.09. The van der Waals surface area contributed by atoms with Crippen LogP contribution in [0.4, 0.5) is 8.78 Å². The SMILES string of the molecule is N#Cc1ccc(OCc2nc(Cl)ccc2F)c(F)c1. The van der Waals surface area contributed by atoms with Gasteiger partial charge in [0.2, 0.25) is 0 Å². The molecule has 19 heavy (non-hydrogen) atoms. The third-order valence-corrected chi connectivity index (χ3v) is 2.52. The zero-order valence-electron chi connectivity index (χ0n) is 9.53. The number of aromatic nitrogens is 1. The molecule has 2 aromatic rings. The molecular weight excluding hydrogens is 274 g/mol. The molecule has 2 rings (SSSR count). The second-order valence-corrected chi connectivity index (χ2v) is 4.00. The molecule has 0 radical (unpaired) electrons. The molecule has 0 saturated carbocycles. The summed E-state index contributed by atoms with van der Waals surface area (Å²) in [5.41, 5.74) is 0.160. The Bertz CT molecular complexity index is 656. The van der Waals surface area contributed by atoms with Crippen LogP contribution in [0.25, 0.3) is 0 Å². The lowest BCUT2D eigenvalue weighted by atomic mass is 10.2. The van der Waals surface area contributed by atoms with Gasteiger partial charge in [-0.3, -0.25) is 0 Å². The van der Waals surface area contributed by atoms with Crippen molar-refractivity contribution in [2.24, 2.45) is 0 Å². The molecule has 1 aromatic carbocycles. The molecule has 0 atom stereocenters. The number of hydrogen-bond acceptors (Lipinski definition) is 3. The number of rotatable bonds is 3. The quantitative estimate of drug-likeness (QED) is 0.809. The van der Waals surface area contributed by atoms with E-state index in [0.717, 1.165) is 12.1 Å². The lowest BCUT2D eigenvalue weighted by molar-refractivity contribution is 0.279. The fourth-order valence-corrected chi connectivity index (χ4v) is 1.56. The van der Waals surface area contributed by atoms with E-state index in [4.69, 9.17) is 21.6 Å². The summed E-state index contributed by atoms with van der Waals surface area (Å²) in [5, 5.41) is 8.72. The van der Waals surface area contributed by atoms with Crippen molar-refractivity contribution in [1.29, 1.82) is 5.26 Å². The average molecular weight is 281 g/mol. The minimum Gasteiger partial charge on any atom is -0.484 e. The van der Waals surface area contributed by atoms with Gasteiger partial charge < -0.3 is 4.74 Å². The molecule has 0 spiro atoms. The van der Waals surface area contributed by atoms with Crippen LogP contribution in [0.5, 0.6) is 5.75 Å². The molecule has 0 bridgehead atoms. The smallest absolute Gasteiger partial charge is 0.166 e. The first-order chi connectivity index (χ1) is 9.10. The summed E-state index contributed by atoms with van der Waals surface area (Å²) in [4.78, 5) is 3.74. The van der Waals surface area contributed by atoms with E-state index < -0.39 is 11.6 Å². The standard InChI is InChI=1S/C13H7ClF2N2O/c14-13-4-2-9(15)11(18-13)7-19-12-3-1-8(6-17)5-10(12)16/h1-5H,7H2. The first-order valence-corrected chi connectivity index (χ1v) is 5.61. The summed E-state index contributed by atoms with van der Waals surface area (Å²) >= 11 is 5.63. The topological polar surface area (TPSA) is 45.9 Å². The molecule has 6 heteroatoms. The zero-order valence-corrected chi connectivity index (χ0v) is 10.3. The summed E-state index contributed by atoms with van der Waals surface area (Å²) in [7, 11) is 0. The van der Waals surface area contributed by atoms with Crippen LogP contribution < -0.4 is 4.74 Å². The number of pyridine rings is 1. The molecule has 1 heterocycles. The van der Waals surface area contributed by atoms with Crippen molar-refractivity contribution in [2.75, 3.05) is 0 Å². The van der Waals surface area contributed by atoms with E-state index in [2.05, 4.69) is 4.98 Å². The van der Waals surface area contributed by atoms with Crippen molar-refractivity contribution >= 4 is 11.6 Å². The Morgan fingerprint density at radius 1 is 1.21 bits per heavy atom. The van der Waals surface area contributed by atoms with Crippen molar-refractivity contribution in [3.63, 3.8) is 0 Å². The van der Waals surface area contributed by atoms with Crippen LogP contribution in [0.15, 0.2) is 30.3 Å². The summed E-state index contributed by atoms with van der Waals surface area (Å²) < 4.78 is 32.0. The van der Waals surface area contributed by atoms with E-state index in [9.17, 15) is 8.78 Å². The predicted octanol–water partition coefficient (Wildman–Crippen LogP) is 3.46. The first-order valence-electron chi connectivity index (χ1n) is 5.23. The molecule has 96 valence electrons. The van der Waals surface area contributed by atoms with Crippen LogP contribution in [0.3, 0.4) is 0 Å². The van der Waals surface area contributed by atoms with Crippen molar-refractivity contribution in [3.8, 4) is 11.8 Å². The molecule has 0 aliphatic carbocycles. The lowest BCUT2D eigenvalue weighted by Crippen LogP contribution is -2.03. The highest BCUT2D eigenvalue weighted by molar-refractivity contribution is 6.29. The Morgan fingerprint density at radius 3 is 2.68 bits per heavy atom. The van der Waals surface area contributed by atoms with E-state index in [0.29, 0.717) is 0 Å². The van der Waals surface area contributed by atoms with Gasteiger partial charge in [0.05, 0.1) is 11.6 Å². The van der Waals surface area contributed by atoms with Gasteiger partial charge in [0.15, 0.2) is 11.6 Å². The summed E-state index contributed by atoms with van der Waals surface area (Å²) in [6.45, 7) is -0.255. The number of halogens is 3. The Labute approximate surface area is 113 Å². The van der Waals surface area contributed by atoms with Gasteiger partial charge in [0.1, 0.15) is 23.3 Å². The number of hydrogen-bond donors (Lipinski definition) is 0. The van der Waals surface area contributed by atoms with Gasteiger partial charge in [-0.1, -0.05) is 11.6 Å². The van der Waals surface area contributed by atoms with Crippen molar-refractivity contribution in [1.82, 2.24) is 4.98 Å². The molecular formula is C13H7ClF2N2O. The summed E-state index contributed by atoms with van der Waals surface area (Å²) in [6, 6.07) is 8.01. The number of ether oxygens (including phenoxy) is 1. The predicted molar refractivity (Wildman–Crippen MR) is 64.7 cm³/mol. The monoisotopic (exact) mass is 280 g/mol. The van der Waals surface area contributed by atoms with Gasteiger partial charge in [-0.05, 0) is 30.3 Å². The van der Waals surface area contributed by atoms with Crippen LogP contribution in [-0.4, -0.2) is 4.98 Å². The molecule has 3 nitrogen and oxygen atoms in total. The Hall–Kier alpha value is -2.19. The van der Waals surface area contributed by atoms with E-state index in [1.54, 1.807) is 6.07 Å². The fourth-order valence-electron chi connectivity index (χ4n) is 1.39. The van der Waals surface area contributed by atoms with Crippen LogP contribution in [-0.2, 0) is 6.61 Å². The average Bonchev–Trinajstić information content (AvgIpc) is 2.40. The van der Waals surface area contributed by atoms with E-state index in [-0.39, 0.29) is 28.8 Å². The highest BCUT2D eigenvalue weighted by atomic mass is 35.5. The minimum absolute atomic E-state index is 0.0174.